The van der Waals surface area contributed by atoms with Crippen LogP contribution in [0, 0.1) is 0 Å². The van der Waals surface area contributed by atoms with Crippen molar-refractivity contribution in [2.45, 2.75) is 19.4 Å². The Labute approximate surface area is 133 Å². The molecule has 21 heavy (non-hydrogen) atoms. The molecule has 0 amide bonds. The fourth-order valence-corrected chi connectivity index (χ4v) is 2.95. The highest BCUT2D eigenvalue weighted by atomic mass is 79.9. The lowest BCUT2D eigenvalue weighted by Gasteiger charge is -2.19. The molecule has 4 heteroatoms. The molecule has 0 saturated heterocycles. The minimum atomic E-state index is 0.194. The minimum Gasteiger partial charge on any atom is -0.495 e. The maximum Gasteiger partial charge on any atom is 0.142 e. The molecule has 110 valence electrons. The molecular weight excluding hydrogens is 330 g/mol. The second-order valence-corrected chi connectivity index (χ2v) is 6.09. The van der Waals surface area contributed by atoms with Crippen molar-refractivity contribution in [1.29, 1.82) is 0 Å². The summed E-state index contributed by atoms with van der Waals surface area (Å²) in [5, 5.41) is 3.51. The molecule has 2 aromatic rings. The van der Waals surface area contributed by atoms with Crippen LogP contribution >= 0.6 is 15.9 Å². The van der Waals surface area contributed by atoms with Gasteiger partial charge in [-0.25, -0.2) is 0 Å². The third-order valence-corrected chi connectivity index (χ3v) is 4.24. The van der Waals surface area contributed by atoms with E-state index in [9.17, 15) is 0 Å². The largest absolute Gasteiger partial charge is 0.495 e. The van der Waals surface area contributed by atoms with Gasteiger partial charge in [0.15, 0.2) is 0 Å². The summed E-state index contributed by atoms with van der Waals surface area (Å²) in [7, 11) is 1.69. The van der Waals surface area contributed by atoms with Gasteiger partial charge < -0.3 is 14.8 Å². The first-order chi connectivity index (χ1) is 10.2. The van der Waals surface area contributed by atoms with Gasteiger partial charge in [0.05, 0.1) is 19.4 Å². The van der Waals surface area contributed by atoms with Gasteiger partial charge in [-0.05, 0) is 48.4 Å². The molecule has 0 bridgehead atoms. The molecule has 1 N–H and O–H groups in total. The van der Waals surface area contributed by atoms with Crippen LogP contribution in [0.4, 0.5) is 5.69 Å². The number of methoxy groups -OCH3 is 1. The molecule has 1 aliphatic rings. The van der Waals surface area contributed by atoms with E-state index in [-0.39, 0.29) is 6.04 Å². The predicted octanol–water partition coefficient (Wildman–Crippen LogP) is 4.57. The Kier molecular flexibility index (Phi) is 4.06. The maximum atomic E-state index is 5.56. The first-order valence-electron chi connectivity index (χ1n) is 7.03. The standard InChI is InChI=1S/C17H18BrNO2/c1-11(12-3-5-16-13(9-12)7-8-21-16)19-15-10-14(18)4-6-17(15)20-2/h3-6,9-11,19H,7-8H2,1-2H3. The fourth-order valence-electron chi connectivity index (χ4n) is 2.59. The lowest BCUT2D eigenvalue weighted by Crippen LogP contribution is -2.08. The summed E-state index contributed by atoms with van der Waals surface area (Å²) in [5.41, 5.74) is 3.53. The van der Waals surface area contributed by atoms with Crippen molar-refractivity contribution in [3.8, 4) is 11.5 Å². The summed E-state index contributed by atoms with van der Waals surface area (Å²) < 4.78 is 12.0. The van der Waals surface area contributed by atoms with Crippen LogP contribution in [0.5, 0.6) is 11.5 Å². The number of benzene rings is 2. The van der Waals surface area contributed by atoms with Gasteiger partial charge in [-0.15, -0.1) is 0 Å². The summed E-state index contributed by atoms with van der Waals surface area (Å²) in [4.78, 5) is 0. The quantitative estimate of drug-likeness (QED) is 0.878. The van der Waals surface area contributed by atoms with E-state index in [1.54, 1.807) is 7.11 Å². The van der Waals surface area contributed by atoms with E-state index in [0.717, 1.165) is 34.7 Å². The van der Waals surface area contributed by atoms with E-state index in [0.29, 0.717) is 0 Å². The Hall–Kier alpha value is -1.68. The third-order valence-electron chi connectivity index (χ3n) is 3.75. The Balaban J connectivity index is 1.83. The molecule has 0 fully saturated rings. The van der Waals surface area contributed by atoms with Crippen LogP contribution in [-0.2, 0) is 6.42 Å². The van der Waals surface area contributed by atoms with Crippen molar-refractivity contribution < 1.29 is 9.47 Å². The molecule has 1 atom stereocenters. The number of nitrogens with one attached hydrogen (secondary N) is 1. The first-order valence-corrected chi connectivity index (χ1v) is 7.82. The molecule has 0 aliphatic carbocycles. The summed E-state index contributed by atoms with van der Waals surface area (Å²) in [6.07, 6.45) is 0.996. The zero-order chi connectivity index (χ0) is 14.8. The van der Waals surface area contributed by atoms with Crippen molar-refractivity contribution in [3.63, 3.8) is 0 Å². The number of hydrogen-bond acceptors (Lipinski definition) is 3. The van der Waals surface area contributed by atoms with Gasteiger partial charge in [0.25, 0.3) is 0 Å². The van der Waals surface area contributed by atoms with Gasteiger partial charge >= 0.3 is 0 Å². The van der Waals surface area contributed by atoms with Crippen LogP contribution < -0.4 is 14.8 Å². The van der Waals surface area contributed by atoms with Gasteiger partial charge in [-0.1, -0.05) is 22.0 Å². The zero-order valence-corrected chi connectivity index (χ0v) is 13.7. The zero-order valence-electron chi connectivity index (χ0n) is 12.2. The topological polar surface area (TPSA) is 30.5 Å². The van der Waals surface area contributed by atoms with Crippen molar-refractivity contribution in [1.82, 2.24) is 0 Å². The molecule has 3 rings (SSSR count). The number of anilines is 1. The number of fused-ring (bicyclic) bond motifs is 1. The number of rotatable bonds is 4. The van der Waals surface area contributed by atoms with Gasteiger partial charge in [0.1, 0.15) is 11.5 Å². The van der Waals surface area contributed by atoms with Crippen LogP contribution in [0.3, 0.4) is 0 Å². The van der Waals surface area contributed by atoms with Crippen LogP contribution in [-0.4, -0.2) is 13.7 Å². The molecule has 1 heterocycles. The van der Waals surface area contributed by atoms with Gasteiger partial charge in [0, 0.05) is 16.9 Å². The molecule has 3 nitrogen and oxygen atoms in total. The minimum absolute atomic E-state index is 0.194. The first kappa shape index (κ1) is 14.3. The van der Waals surface area contributed by atoms with Crippen LogP contribution in [0.2, 0.25) is 0 Å². The second kappa shape index (κ2) is 5.98. The Morgan fingerprint density at radius 2 is 2.10 bits per heavy atom. The van der Waals surface area contributed by atoms with Crippen LogP contribution in [0.25, 0.3) is 0 Å². The normalized spacial score (nSPS) is 14.2. The highest BCUT2D eigenvalue weighted by Crippen LogP contribution is 2.33. The number of halogens is 1. The average Bonchev–Trinajstić information content (AvgIpc) is 2.94. The van der Waals surface area contributed by atoms with E-state index in [1.807, 2.05) is 18.2 Å². The molecule has 1 unspecified atom stereocenters. The van der Waals surface area contributed by atoms with Gasteiger partial charge in [-0.3, -0.25) is 0 Å². The van der Waals surface area contributed by atoms with E-state index in [1.165, 1.54) is 11.1 Å². The van der Waals surface area contributed by atoms with Crippen LogP contribution in [0.1, 0.15) is 24.1 Å². The predicted molar refractivity (Wildman–Crippen MR) is 88.4 cm³/mol. The van der Waals surface area contributed by atoms with Crippen molar-refractivity contribution in [3.05, 3.63) is 52.0 Å². The Morgan fingerprint density at radius 3 is 2.90 bits per heavy atom. The smallest absolute Gasteiger partial charge is 0.142 e. The van der Waals surface area contributed by atoms with Gasteiger partial charge in [-0.2, -0.15) is 0 Å². The van der Waals surface area contributed by atoms with E-state index < -0.39 is 0 Å². The molecule has 0 radical (unpaired) electrons. The monoisotopic (exact) mass is 347 g/mol. The van der Waals surface area contributed by atoms with Gasteiger partial charge in [0.2, 0.25) is 0 Å². The SMILES string of the molecule is COc1ccc(Br)cc1NC(C)c1ccc2c(c1)CCO2. The lowest BCUT2D eigenvalue weighted by atomic mass is 10.0. The summed E-state index contributed by atoms with van der Waals surface area (Å²) >= 11 is 3.50. The molecule has 0 saturated carbocycles. The third kappa shape index (κ3) is 3.00. The number of ether oxygens (including phenoxy) is 2. The summed E-state index contributed by atoms with van der Waals surface area (Å²) in [6.45, 7) is 2.94. The molecule has 1 aliphatic heterocycles. The van der Waals surface area contributed by atoms with E-state index in [4.69, 9.17) is 9.47 Å². The molecular formula is C17H18BrNO2. The summed E-state index contributed by atoms with van der Waals surface area (Å²) in [6, 6.07) is 12.6. The molecule has 0 spiro atoms. The second-order valence-electron chi connectivity index (χ2n) is 5.18. The summed E-state index contributed by atoms with van der Waals surface area (Å²) in [5.74, 6) is 1.86. The highest BCUT2D eigenvalue weighted by molar-refractivity contribution is 9.10. The van der Waals surface area contributed by atoms with E-state index in [2.05, 4.69) is 46.4 Å². The van der Waals surface area contributed by atoms with Crippen molar-refractivity contribution in [2.24, 2.45) is 0 Å². The van der Waals surface area contributed by atoms with Crippen molar-refractivity contribution in [2.75, 3.05) is 19.0 Å². The Morgan fingerprint density at radius 1 is 1.24 bits per heavy atom. The molecule has 2 aromatic carbocycles. The lowest BCUT2D eigenvalue weighted by molar-refractivity contribution is 0.357. The maximum absolute atomic E-state index is 5.56. The number of hydrogen-bond donors (Lipinski definition) is 1. The average molecular weight is 348 g/mol. The van der Waals surface area contributed by atoms with Crippen molar-refractivity contribution >= 4 is 21.6 Å². The highest BCUT2D eigenvalue weighted by Gasteiger charge is 2.15. The fraction of sp³-hybridized carbons (Fsp3) is 0.294. The Bertz CT molecular complexity index is 657. The van der Waals surface area contributed by atoms with E-state index >= 15 is 0 Å². The molecule has 0 aromatic heterocycles. The van der Waals surface area contributed by atoms with Crippen LogP contribution in [0.15, 0.2) is 40.9 Å².